The summed E-state index contributed by atoms with van der Waals surface area (Å²) in [6.07, 6.45) is 0. The van der Waals surface area contributed by atoms with E-state index in [1.807, 2.05) is 54.6 Å². The van der Waals surface area contributed by atoms with Gasteiger partial charge in [-0.1, -0.05) is 9.64 Å². The van der Waals surface area contributed by atoms with Gasteiger partial charge in [0.2, 0.25) is 0 Å². The Labute approximate surface area is 131 Å². The van der Waals surface area contributed by atoms with Crippen LogP contribution in [-0.4, -0.2) is 0 Å². The maximum Gasteiger partial charge on any atom is 0 e. The number of rotatable bonds is 0. The van der Waals surface area contributed by atoms with Gasteiger partial charge in [0.05, 0.1) is 0 Å². The van der Waals surface area contributed by atoms with Crippen molar-refractivity contribution in [2.45, 2.75) is 0 Å². The summed E-state index contributed by atoms with van der Waals surface area (Å²) in [5.74, 6) is 0. The summed E-state index contributed by atoms with van der Waals surface area (Å²) in [6, 6.07) is 20.5. The molecule has 0 heterocycles. The summed E-state index contributed by atoms with van der Waals surface area (Å²) in [5, 5.41) is 0. The zero-order chi connectivity index (χ0) is 10.2. The van der Waals surface area contributed by atoms with Gasteiger partial charge in [-0.15, -0.1) is 34.7 Å². The van der Waals surface area contributed by atoms with E-state index in [-0.39, 0.29) is 32.7 Å². The molecule has 0 aliphatic rings. The van der Waals surface area contributed by atoms with Crippen molar-refractivity contribution in [1.82, 2.24) is 0 Å². The summed E-state index contributed by atoms with van der Waals surface area (Å²) in [5.41, 5.74) is 1.10. The topological polar surface area (TPSA) is 0 Å². The SMILES string of the molecule is [CH2-]c1ccccc1I.[Y].[c-]1ccccc1. The second-order valence-electron chi connectivity index (χ2n) is 2.67. The van der Waals surface area contributed by atoms with Crippen LogP contribution in [0.15, 0.2) is 54.6 Å². The molecule has 0 spiro atoms. The van der Waals surface area contributed by atoms with E-state index in [0.717, 1.165) is 5.56 Å². The van der Waals surface area contributed by atoms with Crippen LogP contribution in [0.1, 0.15) is 5.56 Å². The van der Waals surface area contributed by atoms with Gasteiger partial charge in [-0.3, -0.25) is 0 Å². The normalized spacial score (nSPS) is 8.07. The van der Waals surface area contributed by atoms with Crippen LogP contribution in [0.2, 0.25) is 0 Å². The van der Waals surface area contributed by atoms with E-state index in [4.69, 9.17) is 0 Å². The summed E-state index contributed by atoms with van der Waals surface area (Å²) in [4.78, 5) is 0. The first-order valence-electron chi connectivity index (χ1n) is 4.28. The van der Waals surface area contributed by atoms with E-state index in [2.05, 4.69) is 35.6 Å². The van der Waals surface area contributed by atoms with Crippen molar-refractivity contribution in [3.05, 3.63) is 76.7 Å². The van der Waals surface area contributed by atoms with Gasteiger partial charge in [-0.2, -0.15) is 55.0 Å². The standard InChI is InChI=1S/C7H6I.C6H5.Y/c1-6-4-2-3-5-7(6)8;1-2-4-6-5-3-1;/h2-5H,1H2;1-5H;/q2*-1;. The van der Waals surface area contributed by atoms with E-state index in [1.54, 1.807) is 0 Å². The van der Waals surface area contributed by atoms with Gasteiger partial charge in [0.15, 0.2) is 0 Å². The molecular formula is C13H11IY-2. The van der Waals surface area contributed by atoms with Crippen molar-refractivity contribution >= 4 is 22.6 Å². The number of benzene rings is 2. The van der Waals surface area contributed by atoms with Gasteiger partial charge in [0.1, 0.15) is 0 Å². The first-order valence-corrected chi connectivity index (χ1v) is 5.36. The third-order valence-electron chi connectivity index (χ3n) is 1.56. The fraction of sp³-hybridized carbons (Fsp3) is 0. The molecule has 0 bridgehead atoms. The molecule has 15 heavy (non-hydrogen) atoms. The van der Waals surface area contributed by atoms with Crippen molar-refractivity contribution in [3.63, 3.8) is 0 Å². The molecule has 2 rings (SSSR count). The minimum atomic E-state index is 0. The molecule has 0 N–H and O–H groups in total. The molecule has 0 saturated carbocycles. The van der Waals surface area contributed by atoms with Gasteiger partial charge >= 0.3 is 0 Å². The zero-order valence-corrected chi connectivity index (χ0v) is 13.4. The minimum Gasteiger partial charge on any atom is -0.198 e. The van der Waals surface area contributed by atoms with Crippen molar-refractivity contribution in [3.8, 4) is 0 Å². The number of hydrogen-bond acceptors (Lipinski definition) is 0. The molecule has 2 aromatic carbocycles. The molecule has 2 aromatic rings. The average molecular weight is 383 g/mol. The number of halogens is 1. The Hall–Kier alpha value is 0.144. The van der Waals surface area contributed by atoms with E-state index >= 15 is 0 Å². The Balaban J connectivity index is 0.000000253. The smallest absolute Gasteiger partial charge is 0 e. The van der Waals surface area contributed by atoms with Gasteiger partial charge < -0.3 is 0 Å². The predicted molar refractivity (Wildman–Crippen MR) is 68.9 cm³/mol. The second-order valence-corrected chi connectivity index (χ2v) is 3.83. The molecule has 0 aliphatic heterocycles. The molecule has 0 unspecified atom stereocenters. The summed E-state index contributed by atoms with van der Waals surface area (Å²) >= 11 is 2.26. The van der Waals surface area contributed by atoms with Crippen LogP contribution >= 0.6 is 22.6 Å². The Morgan fingerprint density at radius 2 is 1.53 bits per heavy atom. The van der Waals surface area contributed by atoms with E-state index < -0.39 is 0 Å². The van der Waals surface area contributed by atoms with Crippen molar-refractivity contribution < 1.29 is 32.7 Å². The third kappa shape index (κ3) is 7.10. The third-order valence-corrected chi connectivity index (χ3v) is 2.62. The van der Waals surface area contributed by atoms with E-state index in [0.29, 0.717) is 0 Å². The molecule has 0 aromatic heterocycles. The van der Waals surface area contributed by atoms with Gasteiger partial charge in [0, 0.05) is 32.7 Å². The van der Waals surface area contributed by atoms with E-state index in [9.17, 15) is 0 Å². The van der Waals surface area contributed by atoms with Crippen molar-refractivity contribution in [2.24, 2.45) is 0 Å². The average Bonchev–Trinajstić information content (AvgIpc) is 2.26. The van der Waals surface area contributed by atoms with Crippen LogP contribution in [0.5, 0.6) is 0 Å². The number of hydrogen-bond donors (Lipinski definition) is 0. The quantitative estimate of drug-likeness (QED) is 0.478. The summed E-state index contributed by atoms with van der Waals surface area (Å²) < 4.78 is 1.23. The summed E-state index contributed by atoms with van der Waals surface area (Å²) in [6.45, 7) is 3.81. The molecule has 0 saturated heterocycles. The van der Waals surface area contributed by atoms with Crippen LogP contribution in [0.25, 0.3) is 0 Å². The maximum absolute atomic E-state index is 3.81. The fourth-order valence-electron chi connectivity index (χ4n) is 0.840. The fourth-order valence-corrected chi connectivity index (χ4v) is 1.23. The van der Waals surface area contributed by atoms with Gasteiger partial charge in [0.25, 0.3) is 0 Å². The molecule has 1 radical (unpaired) electrons. The van der Waals surface area contributed by atoms with Crippen LogP contribution < -0.4 is 0 Å². The molecule has 0 aliphatic carbocycles. The van der Waals surface area contributed by atoms with E-state index in [1.165, 1.54) is 3.57 Å². The molecule has 2 heteroatoms. The largest absolute Gasteiger partial charge is 0.198 e. The molecule has 0 atom stereocenters. The first kappa shape index (κ1) is 15.1. The Morgan fingerprint density at radius 1 is 0.933 bits per heavy atom. The Morgan fingerprint density at radius 3 is 1.80 bits per heavy atom. The first-order chi connectivity index (χ1) is 6.80. The van der Waals surface area contributed by atoms with Crippen LogP contribution in [0, 0.1) is 16.6 Å². The maximum atomic E-state index is 3.81. The summed E-state index contributed by atoms with van der Waals surface area (Å²) in [7, 11) is 0. The van der Waals surface area contributed by atoms with Crippen LogP contribution in [0.4, 0.5) is 0 Å². The molecule has 75 valence electrons. The van der Waals surface area contributed by atoms with Crippen molar-refractivity contribution in [1.29, 1.82) is 0 Å². The molecule has 0 fully saturated rings. The van der Waals surface area contributed by atoms with Gasteiger partial charge in [-0.05, 0) is 0 Å². The zero-order valence-electron chi connectivity index (χ0n) is 8.36. The van der Waals surface area contributed by atoms with Gasteiger partial charge in [-0.25, -0.2) is 0 Å². The second kappa shape index (κ2) is 9.38. The molecule has 0 nitrogen and oxygen atoms in total. The molecule has 0 amide bonds. The van der Waals surface area contributed by atoms with Crippen LogP contribution in [-0.2, 0) is 32.7 Å². The minimum absolute atomic E-state index is 0. The van der Waals surface area contributed by atoms with Crippen LogP contribution in [0.3, 0.4) is 0 Å². The Bertz CT molecular complexity index is 312. The molecular weight excluding hydrogens is 372 g/mol. The predicted octanol–water partition coefficient (Wildman–Crippen LogP) is 3.96. The van der Waals surface area contributed by atoms with Crippen molar-refractivity contribution in [2.75, 3.05) is 0 Å². The Kier molecular flexibility index (Phi) is 9.47. The monoisotopic (exact) mass is 383 g/mol.